The fourth-order valence-electron chi connectivity index (χ4n) is 3.89. The van der Waals surface area contributed by atoms with Crippen LogP contribution in [0.5, 0.6) is 5.75 Å². The molecule has 0 saturated carbocycles. The third kappa shape index (κ3) is 7.44. The average Bonchev–Trinajstić information content (AvgIpc) is 2.92. The van der Waals surface area contributed by atoms with Gasteiger partial charge in [-0.15, -0.1) is 0 Å². The van der Waals surface area contributed by atoms with Gasteiger partial charge in [0.05, 0.1) is 25.1 Å². The van der Waals surface area contributed by atoms with Crippen LogP contribution in [0.2, 0.25) is 0 Å². The zero-order valence-electron chi connectivity index (χ0n) is 21.3. The fourth-order valence-corrected chi connectivity index (χ4v) is 4.77. The summed E-state index contributed by atoms with van der Waals surface area (Å²) < 4.78 is 37.5. The number of anilines is 2. The molecule has 0 unspecified atom stereocenters. The quantitative estimate of drug-likeness (QED) is 0.272. The molecule has 0 radical (unpaired) electrons. The monoisotopic (exact) mass is 530 g/mol. The molecule has 1 N–H and O–H groups in total. The number of nitrogens with zero attached hydrogens (tertiary/aromatic N) is 1. The van der Waals surface area contributed by atoms with Gasteiger partial charge in [-0.05, 0) is 65.2 Å². The van der Waals surface area contributed by atoms with Gasteiger partial charge in [-0.1, -0.05) is 54.6 Å². The van der Waals surface area contributed by atoms with Crippen LogP contribution in [0.15, 0.2) is 103 Å². The Hall–Kier alpha value is -4.14. The molecule has 196 valence electrons. The number of benzene rings is 4. The maximum absolute atomic E-state index is 12.7. The fraction of sp³-hybridized carbons (Fsp3) is 0.167. The Morgan fingerprint density at radius 1 is 0.789 bits per heavy atom. The number of carbonyl (C=O) groups is 1. The van der Waals surface area contributed by atoms with Crippen LogP contribution in [0.1, 0.15) is 27.0 Å². The molecular weight excluding hydrogens is 500 g/mol. The van der Waals surface area contributed by atoms with Gasteiger partial charge < -0.3 is 14.8 Å². The molecule has 0 saturated heterocycles. The summed E-state index contributed by atoms with van der Waals surface area (Å²) >= 11 is 0. The summed E-state index contributed by atoms with van der Waals surface area (Å²) in [6, 6.07) is 31.1. The smallest absolute Gasteiger partial charge is 0.255 e. The molecule has 1 amide bonds. The van der Waals surface area contributed by atoms with Crippen molar-refractivity contribution in [1.29, 1.82) is 0 Å². The van der Waals surface area contributed by atoms with Crippen LogP contribution >= 0.6 is 0 Å². The molecule has 0 aliphatic carbocycles. The molecule has 0 atom stereocenters. The van der Waals surface area contributed by atoms with Gasteiger partial charge in [-0.25, -0.2) is 8.42 Å². The third-order valence-corrected chi connectivity index (χ3v) is 6.95. The molecule has 0 aliphatic heterocycles. The molecule has 4 aromatic carbocycles. The third-order valence-electron chi connectivity index (χ3n) is 5.81. The van der Waals surface area contributed by atoms with Crippen molar-refractivity contribution in [2.24, 2.45) is 0 Å². The van der Waals surface area contributed by atoms with E-state index < -0.39 is 10.0 Å². The van der Waals surface area contributed by atoms with Crippen LogP contribution < -0.4 is 14.4 Å². The van der Waals surface area contributed by atoms with Gasteiger partial charge >= 0.3 is 0 Å². The predicted octanol–water partition coefficient (Wildman–Crippen LogP) is 5.63. The van der Waals surface area contributed by atoms with E-state index >= 15 is 0 Å². The number of carbonyl (C=O) groups excluding carboxylic acids is 1. The van der Waals surface area contributed by atoms with Gasteiger partial charge in [-0.2, -0.15) is 0 Å². The van der Waals surface area contributed by atoms with E-state index in [1.165, 1.54) is 10.6 Å². The minimum absolute atomic E-state index is 0.129. The van der Waals surface area contributed by atoms with Crippen molar-refractivity contribution in [3.05, 3.63) is 125 Å². The van der Waals surface area contributed by atoms with Crippen molar-refractivity contribution < 1.29 is 22.7 Å². The molecule has 7 nitrogen and oxygen atoms in total. The number of amides is 1. The normalized spacial score (nSPS) is 11.1. The van der Waals surface area contributed by atoms with Crippen LogP contribution in [0.4, 0.5) is 11.4 Å². The lowest BCUT2D eigenvalue weighted by molar-refractivity contribution is 0.102. The van der Waals surface area contributed by atoms with Crippen LogP contribution in [-0.4, -0.2) is 27.7 Å². The zero-order valence-corrected chi connectivity index (χ0v) is 22.1. The van der Waals surface area contributed by atoms with Crippen molar-refractivity contribution >= 4 is 27.3 Å². The van der Waals surface area contributed by atoms with Crippen molar-refractivity contribution in [3.8, 4) is 5.75 Å². The van der Waals surface area contributed by atoms with E-state index in [2.05, 4.69) is 5.32 Å². The maximum atomic E-state index is 12.7. The Balaban J connectivity index is 1.41. The Bertz CT molecular complexity index is 1460. The van der Waals surface area contributed by atoms with Crippen molar-refractivity contribution in [1.82, 2.24) is 0 Å². The van der Waals surface area contributed by atoms with E-state index in [1.54, 1.807) is 55.6 Å². The number of methoxy groups -OCH3 is 1. The number of nitrogens with one attached hydrogen (secondary N) is 1. The number of hydrogen-bond acceptors (Lipinski definition) is 5. The number of hydrogen-bond donors (Lipinski definition) is 1. The summed E-state index contributed by atoms with van der Waals surface area (Å²) in [5, 5.41) is 2.88. The first kappa shape index (κ1) is 26.9. The molecular formula is C30H30N2O5S. The summed E-state index contributed by atoms with van der Waals surface area (Å²) in [5.41, 5.74) is 4.42. The lowest BCUT2D eigenvalue weighted by Gasteiger charge is -2.23. The molecule has 0 bridgehead atoms. The highest BCUT2D eigenvalue weighted by Gasteiger charge is 2.18. The van der Waals surface area contributed by atoms with Crippen LogP contribution in [0.25, 0.3) is 0 Å². The Morgan fingerprint density at radius 2 is 1.47 bits per heavy atom. The van der Waals surface area contributed by atoms with Gasteiger partial charge in [0.1, 0.15) is 12.4 Å². The van der Waals surface area contributed by atoms with E-state index in [9.17, 15) is 13.2 Å². The van der Waals surface area contributed by atoms with Crippen molar-refractivity contribution in [2.45, 2.75) is 19.8 Å². The second-order valence-corrected chi connectivity index (χ2v) is 10.7. The Kier molecular flexibility index (Phi) is 8.78. The van der Waals surface area contributed by atoms with E-state index in [0.717, 1.165) is 16.7 Å². The first-order valence-corrected chi connectivity index (χ1v) is 13.9. The van der Waals surface area contributed by atoms with Crippen LogP contribution in [-0.2, 0) is 34.5 Å². The van der Waals surface area contributed by atoms with Gasteiger partial charge in [0.25, 0.3) is 5.91 Å². The van der Waals surface area contributed by atoms with Crippen LogP contribution in [0.3, 0.4) is 0 Å². The first-order valence-electron chi connectivity index (χ1n) is 12.0. The minimum Gasteiger partial charge on any atom is -0.489 e. The molecule has 4 aromatic rings. The predicted molar refractivity (Wildman–Crippen MR) is 150 cm³/mol. The highest BCUT2D eigenvalue weighted by molar-refractivity contribution is 7.92. The molecule has 8 heteroatoms. The summed E-state index contributed by atoms with van der Waals surface area (Å²) in [4.78, 5) is 12.7. The highest BCUT2D eigenvalue weighted by atomic mass is 32.2. The first-order chi connectivity index (χ1) is 18.3. The zero-order chi connectivity index (χ0) is 27.0. The molecule has 0 heterocycles. The summed E-state index contributed by atoms with van der Waals surface area (Å²) in [5.74, 6) is 0.395. The summed E-state index contributed by atoms with van der Waals surface area (Å²) in [6.45, 7) is 1.01. The van der Waals surface area contributed by atoms with Crippen LogP contribution in [0, 0.1) is 0 Å². The number of rotatable bonds is 11. The highest BCUT2D eigenvalue weighted by Crippen LogP contribution is 2.24. The summed E-state index contributed by atoms with van der Waals surface area (Å²) in [6.07, 6.45) is 1.17. The molecule has 4 rings (SSSR count). The average molecular weight is 531 g/mol. The molecule has 0 spiro atoms. The van der Waals surface area contributed by atoms with Gasteiger partial charge in [0.15, 0.2) is 0 Å². The number of ether oxygens (including phenoxy) is 2. The summed E-state index contributed by atoms with van der Waals surface area (Å²) in [7, 11) is -1.94. The van der Waals surface area contributed by atoms with Crippen molar-refractivity contribution in [3.63, 3.8) is 0 Å². The second kappa shape index (κ2) is 12.4. The van der Waals surface area contributed by atoms with Gasteiger partial charge in [-0.3, -0.25) is 9.10 Å². The topological polar surface area (TPSA) is 84.9 Å². The van der Waals surface area contributed by atoms with Gasteiger partial charge in [0, 0.05) is 18.4 Å². The molecule has 0 aliphatic rings. The lowest BCUT2D eigenvalue weighted by atomic mass is 10.1. The number of sulfonamides is 1. The van der Waals surface area contributed by atoms with E-state index in [1.807, 2.05) is 54.6 Å². The SMILES string of the molecule is COCc1cccc(NC(=O)c2ccc(CN(c3ccc(OCc4ccccc4)cc3)S(C)(=O)=O)cc2)c1. The van der Waals surface area contributed by atoms with Gasteiger partial charge in [0.2, 0.25) is 10.0 Å². The maximum Gasteiger partial charge on any atom is 0.255 e. The Labute approximate surface area is 223 Å². The van der Waals surface area contributed by atoms with Crippen molar-refractivity contribution in [2.75, 3.05) is 23.0 Å². The lowest BCUT2D eigenvalue weighted by Crippen LogP contribution is -2.29. The van der Waals surface area contributed by atoms with E-state index in [4.69, 9.17) is 9.47 Å². The molecule has 0 fully saturated rings. The standard InChI is InChI=1S/C30H30N2O5S/c1-36-21-25-9-6-10-27(19-25)31-30(33)26-13-11-23(12-14-26)20-32(38(2,34)35)28-15-17-29(18-16-28)37-22-24-7-4-3-5-8-24/h3-19H,20-22H2,1-2H3,(H,31,33). The van der Waals surface area contributed by atoms with E-state index in [-0.39, 0.29) is 12.5 Å². The Morgan fingerprint density at radius 3 is 2.13 bits per heavy atom. The van der Waals surface area contributed by atoms with E-state index in [0.29, 0.717) is 35.9 Å². The minimum atomic E-state index is -3.56. The molecule has 38 heavy (non-hydrogen) atoms. The molecule has 0 aromatic heterocycles. The largest absolute Gasteiger partial charge is 0.489 e. The second-order valence-electron chi connectivity index (χ2n) is 8.82.